The van der Waals surface area contributed by atoms with E-state index in [1.54, 1.807) is 37.1 Å². The van der Waals surface area contributed by atoms with E-state index in [-0.39, 0.29) is 5.91 Å². The van der Waals surface area contributed by atoms with Gasteiger partial charge in [0.2, 0.25) is 5.95 Å². The van der Waals surface area contributed by atoms with E-state index in [2.05, 4.69) is 30.6 Å². The number of carbonyl (C=O) groups is 1. The Kier molecular flexibility index (Phi) is 5.03. The Morgan fingerprint density at radius 3 is 2.29 bits per heavy atom. The van der Waals surface area contributed by atoms with Crippen LogP contribution in [-0.2, 0) is 13.1 Å². The van der Waals surface area contributed by atoms with Crippen LogP contribution in [0.25, 0.3) is 0 Å². The molecule has 0 aromatic carbocycles. The highest BCUT2D eigenvalue weighted by molar-refractivity contribution is 5.92. The SMILES string of the molecule is O=C(NCc1cccnc1)c1ccnc(NCc2cccnc2)n1. The molecule has 3 aromatic heterocycles. The number of rotatable bonds is 6. The Morgan fingerprint density at radius 2 is 1.62 bits per heavy atom. The summed E-state index contributed by atoms with van der Waals surface area (Å²) in [5.74, 6) is 0.138. The van der Waals surface area contributed by atoms with Gasteiger partial charge in [0.25, 0.3) is 5.91 Å². The highest BCUT2D eigenvalue weighted by Crippen LogP contribution is 2.04. The molecule has 3 rings (SSSR count). The lowest BCUT2D eigenvalue weighted by atomic mass is 10.3. The van der Waals surface area contributed by atoms with Crippen LogP contribution in [0.4, 0.5) is 5.95 Å². The van der Waals surface area contributed by atoms with Crippen molar-refractivity contribution in [3.05, 3.63) is 78.1 Å². The maximum absolute atomic E-state index is 12.2. The number of aromatic nitrogens is 4. The zero-order chi connectivity index (χ0) is 16.6. The lowest BCUT2D eigenvalue weighted by molar-refractivity contribution is 0.0946. The molecule has 7 nitrogen and oxygen atoms in total. The van der Waals surface area contributed by atoms with Crippen molar-refractivity contribution in [1.82, 2.24) is 25.3 Å². The Balaban J connectivity index is 1.59. The number of nitrogens with one attached hydrogen (secondary N) is 2. The number of hydrogen-bond acceptors (Lipinski definition) is 6. The lowest BCUT2D eigenvalue weighted by Crippen LogP contribution is -2.24. The van der Waals surface area contributed by atoms with Gasteiger partial charge in [-0.05, 0) is 29.3 Å². The van der Waals surface area contributed by atoms with Crippen LogP contribution in [0.15, 0.2) is 61.3 Å². The Morgan fingerprint density at radius 1 is 0.917 bits per heavy atom. The zero-order valence-corrected chi connectivity index (χ0v) is 12.9. The van der Waals surface area contributed by atoms with Gasteiger partial charge in [-0.3, -0.25) is 14.8 Å². The second kappa shape index (κ2) is 7.77. The Bertz CT molecular complexity index is 794. The molecule has 0 aliphatic rings. The maximum atomic E-state index is 12.2. The van der Waals surface area contributed by atoms with Gasteiger partial charge >= 0.3 is 0 Å². The molecule has 1 amide bonds. The molecular weight excluding hydrogens is 304 g/mol. The largest absolute Gasteiger partial charge is 0.350 e. The minimum Gasteiger partial charge on any atom is -0.350 e. The fraction of sp³-hybridized carbons (Fsp3) is 0.118. The summed E-state index contributed by atoms with van der Waals surface area (Å²) in [6, 6.07) is 9.11. The fourth-order valence-electron chi connectivity index (χ4n) is 2.03. The third kappa shape index (κ3) is 4.33. The van der Waals surface area contributed by atoms with Gasteiger partial charge < -0.3 is 10.6 Å². The molecule has 7 heteroatoms. The van der Waals surface area contributed by atoms with Crippen LogP contribution in [-0.4, -0.2) is 25.8 Å². The summed E-state index contributed by atoms with van der Waals surface area (Å²) in [4.78, 5) is 28.6. The van der Waals surface area contributed by atoms with Crippen molar-refractivity contribution in [3.8, 4) is 0 Å². The van der Waals surface area contributed by atoms with Crippen LogP contribution in [0.1, 0.15) is 21.6 Å². The molecule has 0 bridgehead atoms. The van der Waals surface area contributed by atoms with Crippen LogP contribution in [0.2, 0.25) is 0 Å². The van der Waals surface area contributed by atoms with Crippen LogP contribution in [0.5, 0.6) is 0 Å². The molecule has 24 heavy (non-hydrogen) atoms. The van der Waals surface area contributed by atoms with Crippen molar-refractivity contribution >= 4 is 11.9 Å². The molecule has 3 aromatic rings. The van der Waals surface area contributed by atoms with Gasteiger partial charge in [-0.2, -0.15) is 0 Å². The minimum atomic E-state index is -0.259. The highest BCUT2D eigenvalue weighted by atomic mass is 16.1. The maximum Gasteiger partial charge on any atom is 0.270 e. The zero-order valence-electron chi connectivity index (χ0n) is 12.9. The first-order valence-electron chi connectivity index (χ1n) is 7.44. The second-order valence-corrected chi connectivity index (χ2v) is 5.02. The number of carbonyl (C=O) groups excluding carboxylic acids is 1. The molecule has 0 saturated carbocycles. The normalized spacial score (nSPS) is 10.2. The van der Waals surface area contributed by atoms with Gasteiger partial charge in [0.05, 0.1) is 0 Å². The summed E-state index contributed by atoms with van der Waals surface area (Å²) in [7, 11) is 0. The third-order valence-electron chi connectivity index (χ3n) is 3.24. The lowest BCUT2D eigenvalue weighted by Gasteiger charge is -2.07. The van der Waals surface area contributed by atoms with Crippen molar-refractivity contribution in [2.45, 2.75) is 13.1 Å². The first kappa shape index (κ1) is 15.5. The average molecular weight is 320 g/mol. The standard InChI is InChI=1S/C17H16N6O/c24-16(21-11-13-3-1-6-18-9-13)15-5-8-20-17(23-15)22-12-14-4-2-7-19-10-14/h1-10H,11-12H2,(H,21,24)(H,20,22,23). The predicted octanol–water partition coefficient (Wildman–Crippen LogP) is 1.81. The van der Waals surface area contributed by atoms with E-state index in [4.69, 9.17) is 0 Å². The van der Waals surface area contributed by atoms with Gasteiger partial charge in [-0.15, -0.1) is 0 Å². The summed E-state index contributed by atoms with van der Waals surface area (Å²) in [5.41, 5.74) is 2.24. The Hall–Kier alpha value is -3.35. The molecule has 0 aliphatic carbocycles. The second-order valence-electron chi connectivity index (χ2n) is 5.02. The molecule has 0 aliphatic heterocycles. The van der Waals surface area contributed by atoms with Crippen molar-refractivity contribution in [2.24, 2.45) is 0 Å². The van der Waals surface area contributed by atoms with E-state index >= 15 is 0 Å². The summed E-state index contributed by atoms with van der Waals surface area (Å²) in [5, 5.41) is 5.89. The van der Waals surface area contributed by atoms with Crippen LogP contribution < -0.4 is 10.6 Å². The predicted molar refractivity (Wildman–Crippen MR) is 89.0 cm³/mol. The van der Waals surface area contributed by atoms with Gasteiger partial charge in [0.15, 0.2) is 0 Å². The molecule has 0 saturated heterocycles. The van der Waals surface area contributed by atoms with E-state index in [0.717, 1.165) is 11.1 Å². The van der Waals surface area contributed by atoms with Crippen molar-refractivity contribution < 1.29 is 4.79 Å². The number of anilines is 1. The third-order valence-corrected chi connectivity index (χ3v) is 3.24. The first-order valence-corrected chi connectivity index (χ1v) is 7.44. The van der Waals surface area contributed by atoms with Gasteiger partial charge in [-0.1, -0.05) is 12.1 Å². The van der Waals surface area contributed by atoms with Gasteiger partial charge in [0.1, 0.15) is 5.69 Å². The molecule has 0 unspecified atom stereocenters. The fourth-order valence-corrected chi connectivity index (χ4v) is 2.03. The van der Waals surface area contributed by atoms with Crippen molar-refractivity contribution in [3.63, 3.8) is 0 Å². The quantitative estimate of drug-likeness (QED) is 0.719. The number of pyridine rings is 2. The number of hydrogen-bond donors (Lipinski definition) is 2. The molecule has 2 N–H and O–H groups in total. The smallest absolute Gasteiger partial charge is 0.270 e. The van der Waals surface area contributed by atoms with Crippen LogP contribution in [0.3, 0.4) is 0 Å². The topological polar surface area (TPSA) is 92.7 Å². The first-order chi connectivity index (χ1) is 11.8. The molecule has 0 radical (unpaired) electrons. The summed E-state index contributed by atoms with van der Waals surface area (Å²) in [6.07, 6.45) is 8.43. The van der Waals surface area contributed by atoms with Crippen LogP contribution in [0, 0.1) is 0 Å². The van der Waals surface area contributed by atoms with Crippen molar-refractivity contribution in [1.29, 1.82) is 0 Å². The number of amides is 1. The van der Waals surface area contributed by atoms with E-state index in [9.17, 15) is 4.79 Å². The average Bonchev–Trinajstić information content (AvgIpc) is 2.66. The monoisotopic (exact) mass is 320 g/mol. The van der Waals surface area contributed by atoms with E-state index in [0.29, 0.717) is 24.7 Å². The minimum absolute atomic E-state index is 0.259. The van der Waals surface area contributed by atoms with E-state index < -0.39 is 0 Å². The van der Waals surface area contributed by atoms with Gasteiger partial charge in [0, 0.05) is 44.1 Å². The van der Waals surface area contributed by atoms with E-state index in [1.807, 2.05) is 24.3 Å². The Labute approximate surface area is 139 Å². The molecule has 3 heterocycles. The number of nitrogens with zero attached hydrogens (tertiary/aromatic N) is 4. The summed E-state index contributed by atoms with van der Waals surface area (Å²) < 4.78 is 0. The summed E-state index contributed by atoms with van der Waals surface area (Å²) >= 11 is 0. The molecule has 0 spiro atoms. The highest BCUT2D eigenvalue weighted by Gasteiger charge is 2.08. The molecular formula is C17H16N6O. The van der Waals surface area contributed by atoms with E-state index in [1.165, 1.54) is 0 Å². The summed E-state index contributed by atoms with van der Waals surface area (Å²) in [6.45, 7) is 0.934. The van der Waals surface area contributed by atoms with Gasteiger partial charge in [-0.25, -0.2) is 9.97 Å². The molecule has 120 valence electrons. The van der Waals surface area contributed by atoms with Crippen LogP contribution >= 0.6 is 0 Å². The van der Waals surface area contributed by atoms with Crippen molar-refractivity contribution in [2.75, 3.05) is 5.32 Å². The molecule has 0 atom stereocenters. The molecule has 0 fully saturated rings.